The van der Waals surface area contributed by atoms with Crippen molar-refractivity contribution in [3.8, 4) is 0 Å². The molecule has 0 spiro atoms. The number of nitrogens with two attached hydrogens (primary N) is 1. The fourth-order valence-electron chi connectivity index (χ4n) is 4.01. The summed E-state index contributed by atoms with van der Waals surface area (Å²) in [5.74, 6) is 0. The predicted molar refractivity (Wildman–Crippen MR) is 145 cm³/mol. The van der Waals surface area contributed by atoms with Crippen molar-refractivity contribution in [1.29, 1.82) is 0 Å². The molecule has 0 aliphatic carbocycles. The van der Waals surface area contributed by atoms with Crippen molar-refractivity contribution < 1.29 is 9.00 Å². The summed E-state index contributed by atoms with van der Waals surface area (Å²) >= 11 is 12.6. The summed E-state index contributed by atoms with van der Waals surface area (Å²) in [6.45, 7) is 5.93. The van der Waals surface area contributed by atoms with E-state index in [1.54, 1.807) is 53.6 Å². The zero-order chi connectivity index (χ0) is 25.0. The second-order valence-corrected chi connectivity index (χ2v) is 10.2. The maximum Gasteiger partial charge on any atom is 0.326 e. The first-order valence-corrected chi connectivity index (χ1v) is 13.4. The largest absolute Gasteiger partial charge is 0.398 e. The monoisotopic (exact) mass is 517 g/mol. The minimum Gasteiger partial charge on any atom is -0.398 e. The Morgan fingerprint density at radius 2 is 1.62 bits per heavy atom. The molecule has 3 aromatic carbocycles. The summed E-state index contributed by atoms with van der Waals surface area (Å²) in [4.78, 5) is 16.2. The molecular formula is C26H29Cl2N3O2S. The van der Waals surface area contributed by atoms with Crippen LogP contribution in [-0.2, 0) is 23.6 Å². The number of carbonyl (C=O) groups is 1. The highest BCUT2D eigenvalue weighted by atomic mass is 35.5. The van der Waals surface area contributed by atoms with Crippen LogP contribution in [0.5, 0.6) is 0 Å². The summed E-state index contributed by atoms with van der Waals surface area (Å²) < 4.78 is 11.9. The third-order valence-corrected chi connectivity index (χ3v) is 7.39. The van der Waals surface area contributed by atoms with Crippen molar-refractivity contribution in [1.82, 2.24) is 0 Å². The average molecular weight is 519 g/mol. The quantitative estimate of drug-likeness (QED) is 0.324. The first-order chi connectivity index (χ1) is 16.2. The molecule has 0 aliphatic rings. The third-order valence-electron chi connectivity index (χ3n) is 5.87. The van der Waals surface area contributed by atoms with E-state index >= 15 is 0 Å². The van der Waals surface area contributed by atoms with Crippen molar-refractivity contribution in [2.45, 2.75) is 44.6 Å². The van der Waals surface area contributed by atoms with E-state index in [-0.39, 0.29) is 12.1 Å². The fourth-order valence-corrected chi connectivity index (χ4v) is 5.00. The lowest BCUT2D eigenvalue weighted by Crippen LogP contribution is -2.37. The van der Waals surface area contributed by atoms with Crippen molar-refractivity contribution in [3.05, 3.63) is 81.3 Å². The van der Waals surface area contributed by atoms with Crippen molar-refractivity contribution in [2.24, 2.45) is 0 Å². The van der Waals surface area contributed by atoms with E-state index in [2.05, 4.69) is 5.32 Å². The zero-order valence-corrected chi connectivity index (χ0v) is 22.0. The van der Waals surface area contributed by atoms with Gasteiger partial charge in [0.05, 0.1) is 11.7 Å². The Morgan fingerprint density at radius 3 is 2.15 bits per heavy atom. The Labute approximate surface area is 213 Å². The Bertz CT molecular complexity index is 1170. The van der Waals surface area contributed by atoms with Gasteiger partial charge in [-0.25, -0.2) is 4.79 Å². The van der Waals surface area contributed by atoms with Gasteiger partial charge in [0.15, 0.2) is 0 Å². The number of hydrogen-bond acceptors (Lipinski definition) is 3. The smallest absolute Gasteiger partial charge is 0.326 e. The number of rotatable bonds is 7. The molecule has 0 aliphatic heterocycles. The number of nitrogens with one attached hydrogen (secondary N) is 1. The van der Waals surface area contributed by atoms with Gasteiger partial charge in [-0.05, 0) is 78.9 Å². The van der Waals surface area contributed by atoms with Crippen LogP contribution in [0.25, 0.3) is 0 Å². The number of anilines is 3. The molecule has 0 saturated heterocycles. The van der Waals surface area contributed by atoms with Crippen LogP contribution in [-0.4, -0.2) is 16.5 Å². The Hall–Kier alpha value is -2.54. The standard InChI is InChI=1S/C26H29Cl2N3O2S/c1-5-21-23(28)15-24(29)22(6-2)25(21)30-26(32)31(16(3)17-7-9-18(27)10-8-17)19-11-13-20(14-12-19)34(4)33/h7-16H,5-6,29H2,1-4H3,(H,30,32)/t16-,34?/m0/s1. The van der Waals surface area contributed by atoms with Gasteiger partial charge in [0.25, 0.3) is 0 Å². The van der Waals surface area contributed by atoms with Crippen LogP contribution in [0.4, 0.5) is 21.9 Å². The minimum atomic E-state index is -1.12. The number of hydrogen-bond donors (Lipinski definition) is 2. The van der Waals surface area contributed by atoms with E-state index in [9.17, 15) is 9.00 Å². The van der Waals surface area contributed by atoms with E-state index in [0.717, 1.165) is 16.7 Å². The van der Waals surface area contributed by atoms with Gasteiger partial charge in [0, 0.05) is 43.4 Å². The van der Waals surface area contributed by atoms with Gasteiger partial charge < -0.3 is 11.1 Å². The molecule has 0 saturated carbocycles. The molecule has 1 unspecified atom stereocenters. The molecule has 3 aromatic rings. The lowest BCUT2D eigenvalue weighted by molar-refractivity contribution is 0.255. The van der Waals surface area contributed by atoms with E-state index < -0.39 is 10.8 Å². The summed E-state index contributed by atoms with van der Waals surface area (Å²) in [5.41, 5.74) is 10.7. The normalized spacial score (nSPS) is 12.8. The van der Waals surface area contributed by atoms with Crippen LogP contribution < -0.4 is 16.0 Å². The van der Waals surface area contributed by atoms with Gasteiger partial charge in [-0.3, -0.25) is 9.11 Å². The molecule has 0 radical (unpaired) electrons. The van der Waals surface area contributed by atoms with Crippen molar-refractivity contribution in [3.63, 3.8) is 0 Å². The lowest BCUT2D eigenvalue weighted by atomic mass is 10.0. The van der Waals surface area contributed by atoms with Crippen LogP contribution in [0, 0.1) is 0 Å². The molecule has 0 bridgehead atoms. The fraction of sp³-hybridized carbons (Fsp3) is 0.269. The SMILES string of the molecule is CCc1c(N)cc(Cl)c(CC)c1NC(=O)N(c1ccc(S(C)=O)cc1)[C@@H](C)c1ccc(Cl)cc1. The second kappa shape index (κ2) is 11.3. The molecule has 3 rings (SSSR count). The van der Waals surface area contributed by atoms with Gasteiger partial charge in [0.1, 0.15) is 0 Å². The topological polar surface area (TPSA) is 75.4 Å². The summed E-state index contributed by atoms with van der Waals surface area (Å²) in [6.07, 6.45) is 2.92. The number of amides is 2. The third kappa shape index (κ3) is 5.57. The molecule has 3 N–H and O–H groups in total. The molecule has 0 aromatic heterocycles. The zero-order valence-electron chi connectivity index (χ0n) is 19.7. The first-order valence-electron chi connectivity index (χ1n) is 11.1. The van der Waals surface area contributed by atoms with Gasteiger partial charge in [0.2, 0.25) is 0 Å². The average Bonchev–Trinajstić information content (AvgIpc) is 2.80. The highest BCUT2D eigenvalue weighted by Gasteiger charge is 2.26. The maximum atomic E-state index is 13.8. The number of urea groups is 1. The van der Waals surface area contributed by atoms with Crippen LogP contribution in [0.1, 0.15) is 43.5 Å². The molecular weight excluding hydrogens is 489 g/mol. The van der Waals surface area contributed by atoms with Crippen molar-refractivity contribution >= 4 is 57.1 Å². The van der Waals surface area contributed by atoms with E-state index in [1.165, 1.54) is 0 Å². The number of nitrogen functional groups attached to an aromatic ring is 1. The number of halogens is 2. The molecule has 5 nitrogen and oxygen atoms in total. The Balaban J connectivity index is 2.09. The van der Waals surface area contributed by atoms with Crippen LogP contribution in [0.2, 0.25) is 10.0 Å². The Morgan fingerprint density at radius 1 is 1.03 bits per heavy atom. The summed E-state index contributed by atoms with van der Waals surface area (Å²) in [6, 6.07) is 15.6. The van der Waals surface area contributed by atoms with Gasteiger partial charge >= 0.3 is 6.03 Å². The molecule has 2 atom stereocenters. The summed E-state index contributed by atoms with van der Waals surface area (Å²) in [5, 5.41) is 4.25. The second-order valence-electron chi connectivity index (χ2n) is 7.96. The first kappa shape index (κ1) is 26.1. The Kier molecular flexibility index (Phi) is 8.63. The maximum absolute atomic E-state index is 13.8. The van der Waals surface area contributed by atoms with Gasteiger partial charge in [-0.2, -0.15) is 0 Å². The van der Waals surface area contributed by atoms with Crippen molar-refractivity contribution in [2.75, 3.05) is 22.2 Å². The van der Waals surface area contributed by atoms with Crippen LogP contribution in [0.3, 0.4) is 0 Å². The minimum absolute atomic E-state index is 0.318. The van der Waals surface area contributed by atoms with Gasteiger partial charge in [-0.1, -0.05) is 49.2 Å². The summed E-state index contributed by atoms with van der Waals surface area (Å²) in [7, 11) is -1.12. The predicted octanol–water partition coefficient (Wildman–Crippen LogP) is 7.24. The highest BCUT2D eigenvalue weighted by Crippen LogP contribution is 2.36. The molecule has 0 heterocycles. The van der Waals surface area contributed by atoms with Gasteiger partial charge in [-0.15, -0.1) is 0 Å². The molecule has 2 amide bonds. The molecule has 8 heteroatoms. The van der Waals surface area contributed by atoms with E-state index in [1.807, 2.05) is 32.9 Å². The lowest BCUT2D eigenvalue weighted by Gasteiger charge is -2.31. The molecule has 180 valence electrons. The highest BCUT2D eigenvalue weighted by molar-refractivity contribution is 7.84. The molecule has 34 heavy (non-hydrogen) atoms. The van der Waals surface area contributed by atoms with Crippen LogP contribution >= 0.6 is 23.2 Å². The van der Waals surface area contributed by atoms with E-state index in [4.69, 9.17) is 28.9 Å². The molecule has 0 fully saturated rings. The van der Waals surface area contributed by atoms with E-state index in [0.29, 0.717) is 44.8 Å². The number of benzene rings is 3. The van der Waals surface area contributed by atoms with Crippen LogP contribution in [0.15, 0.2) is 59.5 Å². The number of nitrogens with zero attached hydrogens (tertiary/aromatic N) is 1. The number of carbonyl (C=O) groups excluding carboxylic acids is 1.